The molecule has 156 valence electrons. The summed E-state index contributed by atoms with van der Waals surface area (Å²) in [6, 6.07) is 17.0. The maximum atomic E-state index is 13.2. The van der Waals surface area contributed by atoms with Crippen molar-refractivity contribution in [3.05, 3.63) is 87.7 Å². The number of rotatable bonds is 6. The zero-order valence-electron chi connectivity index (χ0n) is 17.0. The van der Waals surface area contributed by atoms with Gasteiger partial charge in [0.05, 0.1) is 4.88 Å². The van der Waals surface area contributed by atoms with Crippen molar-refractivity contribution >= 4 is 39.7 Å². The Bertz CT molecular complexity index is 1240. The fourth-order valence-corrected chi connectivity index (χ4v) is 4.87. The SMILES string of the molecule is O=C(N[C@H](Cc1c[nH]c2ccccc12)C(=O)Nc1ccc2c(c1)CCC2)c1cccs1. The van der Waals surface area contributed by atoms with E-state index in [-0.39, 0.29) is 11.8 Å². The molecule has 0 bridgehead atoms. The van der Waals surface area contributed by atoms with Crippen LogP contribution in [-0.2, 0) is 24.1 Å². The van der Waals surface area contributed by atoms with E-state index in [4.69, 9.17) is 0 Å². The van der Waals surface area contributed by atoms with Crippen LogP contribution >= 0.6 is 11.3 Å². The van der Waals surface area contributed by atoms with Gasteiger partial charge >= 0.3 is 0 Å². The van der Waals surface area contributed by atoms with Crippen molar-refractivity contribution < 1.29 is 9.59 Å². The molecule has 0 saturated carbocycles. The van der Waals surface area contributed by atoms with Gasteiger partial charge in [-0.05, 0) is 65.6 Å². The molecular weight excluding hydrogens is 406 g/mol. The standard InChI is InChI=1S/C25H23N3O2S/c29-24(27-19-11-10-16-5-3-6-17(16)13-19)22(28-25(30)23-9-4-12-31-23)14-18-15-26-21-8-2-1-7-20(18)21/h1-2,4,7-13,15,22,26H,3,5-6,14H2,(H,27,29)(H,28,30)/t22-/m1/s1. The molecule has 2 aromatic carbocycles. The summed E-state index contributed by atoms with van der Waals surface area (Å²) in [5.41, 5.74) is 5.45. The summed E-state index contributed by atoms with van der Waals surface area (Å²) in [6.45, 7) is 0. The molecule has 0 unspecified atom stereocenters. The minimum Gasteiger partial charge on any atom is -0.361 e. The van der Waals surface area contributed by atoms with E-state index in [2.05, 4.69) is 27.8 Å². The van der Waals surface area contributed by atoms with Crippen molar-refractivity contribution in [3.8, 4) is 0 Å². The average Bonchev–Trinajstić information content (AvgIpc) is 3.54. The fraction of sp³-hybridized carbons (Fsp3) is 0.200. The molecule has 5 rings (SSSR count). The second kappa shape index (κ2) is 8.40. The molecule has 2 aromatic heterocycles. The molecule has 4 aromatic rings. The summed E-state index contributed by atoms with van der Waals surface area (Å²) in [7, 11) is 0. The lowest BCUT2D eigenvalue weighted by Crippen LogP contribution is -2.45. The molecule has 31 heavy (non-hydrogen) atoms. The van der Waals surface area contributed by atoms with E-state index in [9.17, 15) is 9.59 Å². The average molecular weight is 430 g/mol. The lowest BCUT2D eigenvalue weighted by Gasteiger charge is -2.18. The number of carbonyl (C=O) groups excluding carboxylic acids is 2. The predicted molar refractivity (Wildman–Crippen MR) is 125 cm³/mol. The molecule has 1 aliphatic carbocycles. The number of hydrogen-bond donors (Lipinski definition) is 3. The largest absolute Gasteiger partial charge is 0.361 e. The molecule has 0 aliphatic heterocycles. The highest BCUT2D eigenvalue weighted by atomic mass is 32.1. The second-order valence-corrected chi connectivity index (χ2v) is 8.84. The van der Waals surface area contributed by atoms with E-state index in [1.54, 1.807) is 6.07 Å². The Morgan fingerprint density at radius 3 is 2.77 bits per heavy atom. The Hall–Kier alpha value is -3.38. The zero-order chi connectivity index (χ0) is 21.2. The molecule has 2 amide bonds. The lowest BCUT2D eigenvalue weighted by molar-refractivity contribution is -0.118. The monoisotopic (exact) mass is 429 g/mol. The first-order valence-electron chi connectivity index (χ1n) is 10.5. The number of aromatic nitrogens is 1. The first-order valence-corrected chi connectivity index (χ1v) is 11.4. The summed E-state index contributed by atoms with van der Waals surface area (Å²) in [5.74, 6) is -0.447. The highest BCUT2D eigenvalue weighted by molar-refractivity contribution is 7.12. The minimum atomic E-state index is -0.693. The normalized spacial score (nSPS) is 13.7. The van der Waals surface area contributed by atoms with Crippen LogP contribution in [0.4, 0.5) is 5.69 Å². The summed E-state index contributed by atoms with van der Waals surface area (Å²) >= 11 is 1.36. The Labute approximate surface area is 184 Å². The van der Waals surface area contributed by atoms with Gasteiger partial charge in [0.1, 0.15) is 6.04 Å². The van der Waals surface area contributed by atoms with Crippen molar-refractivity contribution in [2.75, 3.05) is 5.32 Å². The number of benzene rings is 2. The third-order valence-corrected chi connectivity index (χ3v) is 6.70. The Morgan fingerprint density at radius 2 is 1.90 bits per heavy atom. The number of aryl methyl sites for hydroxylation is 2. The van der Waals surface area contributed by atoms with Gasteiger partial charge < -0.3 is 15.6 Å². The van der Waals surface area contributed by atoms with E-state index < -0.39 is 6.04 Å². The fourth-order valence-electron chi connectivity index (χ4n) is 4.25. The van der Waals surface area contributed by atoms with Crippen LogP contribution < -0.4 is 10.6 Å². The number of amides is 2. The van der Waals surface area contributed by atoms with Crippen molar-refractivity contribution in [1.82, 2.24) is 10.3 Å². The number of anilines is 1. The van der Waals surface area contributed by atoms with Gasteiger partial charge in [-0.1, -0.05) is 30.3 Å². The van der Waals surface area contributed by atoms with E-state index in [0.29, 0.717) is 11.3 Å². The van der Waals surface area contributed by atoms with Crippen LogP contribution in [0.3, 0.4) is 0 Å². The van der Waals surface area contributed by atoms with Crippen molar-refractivity contribution in [1.29, 1.82) is 0 Å². The summed E-state index contributed by atoms with van der Waals surface area (Å²) in [6.07, 6.45) is 5.62. The smallest absolute Gasteiger partial charge is 0.262 e. The zero-order valence-corrected chi connectivity index (χ0v) is 17.8. The molecule has 1 aliphatic rings. The molecule has 3 N–H and O–H groups in total. The highest BCUT2D eigenvalue weighted by Gasteiger charge is 2.24. The van der Waals surface area contributed by atoms with E-state index in [0.717, 1.165) is 41.4 Å². The minimum absolute atomic E-state index is 0.215. The van der Waals surface area contributed by atoms with Crippen LogP contribution in [0.15, 0.2) is 66.2 Å². The molecule has 0 spiro atoms. The summed E-state index contributed by atoms with van der Waals surface area (Å²) < 4.78 is 0. The maximum Gasteiger partial charge on any atom is 0.262 e. The first-order chi connectivity index (χ1) is 15.2. The number of aromatic amines is 1. The number of H-pyrrole nitrogens is 1. The van der Waals surface area contributed by atoms with E-state index in [1.165, 1.54) is 22.5 Å². The van der Waals surface area contributed by atoms with Crippen molar-refractivity contribution in [3.63, 3.8) is 0 Å². The number of carbonyl (C=O) groups is 2. The Kier molecular flexibility index (Phi) is 5.30. The van der Waals surface area contributed by atoms with E-state index in [1.807, 2.05) is 48.0 Å². The summed E-state index contributed by atoms with van der Waals surface area (Å²) in [5, 5.41) is 8.88. The van der Waals surface area contributed by atoms with Crippen molar-refractivity contribution in [2.45, 2.75) is 31.7 Å². The van der Waals surface area contributed by atoms with Gasteiger partial charge in [-0.25, -0.2) is 0 Å². The quantitative estimate of drug-likeness (QED) is 0.416. The van der Waals surface area contributed by atoms with Crippen LogP contribution in [0.1, 0.15) is 32.8 Å². The molecule has 0 fully saturated rings. The molecule has 0 radical (unpaired) electrons. The van der Waals surface area contributed by atoms with Gasteiger partial charge in [-0.2, -0.15) is 0 Å². The molecule has 6 heteroatoms. The lowest BCUT2D eigenvalue weighted by atomic mass is 10.0. The number of para-hydroxylation sites is 1. The molecular formula is C25H23N3O2S. The Morgan fingerprint density at radius 1 is 1.03 bits per heavy atom. The van der Waals surface area contributed by atoms with Gasteiger partial charge in [-0.3, -0.25) is 9.59 Å². The second-order valence-electron chi connectivity index (χ2n) is 7.89. The van der Waals surface area contributed by atoms with Gasteiger partial charge in [0, 0.05) is 29.2 Å². The van der Waals surface area contributed by atoms with E-state index >= 15 is 0 Å². The van der Waals surface area contributed by atoms with Gasteiger partial charge in [-0.15, -0.1) is 11.3 Å². The Balaban J connectivity index is 1.39. The third kappa shape index (κ3) is 4.11. The van der Waals surface area contributed by atoms with Gasteiger partial charge in [0.25, 0.3) is 5.91 Å². The van der Waals surface area contributed by atoms with Crippen LogP contribution in [0.5, 0.6) is 0 Å². The van der Waals surface area contributed by atoms with Crippen LogP contribution in [0, 0.1) is 0 Å². The number of hydrogen-bond acceptors (Lipinski definition) is 3. The molecule has 1 atom stereocenters. The topological polar surface area (TPSA) is 74.0 Å². The molecule has 0 saturated heterocycles. The van der Waals surface area contributed by atoms with Crippen molar-refractivity contribution in [2.24, 2.45) is 0 Å². The molecule has 2 heterocycles. The van der Waals surface area contributed by atoms with Crippen LogP contribution in [-0.4, -0.2) is 22.8 Å². The maximum absolute atomic E-state index is 13.2. The van der Waals surface area contributed by atoms with Crippen LogP contribution in [0.25, 0.3) is 10.9 Å². The number of thiophene rings is 1. The van der Waals surface area contributed by atoms with Gasteiger partial charge in [0.2, 0.25) is 5.91 Å². The number of fused-ring (bicyclic) bond motifs is 2. The first kappa shape index (κ1) is 19.6. The van der Waals surface area contributed by atoms with Gasteiger partial charge in [0.15, 0.2) is 0 Å². The molecule has 5 nitrogen and oxygen atoms in total. The highest BCUT2D eigenvalue weighted by Crippen LogP contribution is 2.25. The number of nitrogens with one attached hydrogen (secondary N) is 3. The predicted octanol–water partition coefficient (Wildman–Crippen LogP) is 4.70. The third-order valence-electron chi connectivity index (χ3n) is 5.83. The van der Waals surface area contributed by atoms with Crippen LogP contribution in [0.2, 0.25) is 0 Å². The summed E-state index contributed by atoms with van der Waals surface area (Å²) in [4.78, 5) is 29.8.